The lowest BCUT2D eigenvalue weighted by Gasteiger charge is -2.34. The number of piperazine rings is 1. The fraction of sp³-hybridized carbons (Fsp3) is 0.364. The van der Waals surface area contributed by atoms with E-state index in [0.717, 1.165) is 23.7 Å². The summed E-state index contributed by atoms with van der Waals surface area (Å²) in [6.45, 7) is 8.50. The first-order valence-electron chi connectivity index (χ1n) is 10.0. The quantitative estimate of drug-likeness (QED) is 0.615. The number of rotatable bonds is 4. The smallest absolute Gasteiger partial charge is 0.253 e. The monoisotopic (exact) mass is 443 g/mol. The van der Waals surface area contributed by atoms with Crippen LogP contribution in [-0.2, 0) is 9.84 Å². The number of thiazole rings is 1. The molecule has 30 heavy (non-hydrogen) atoms. The highest BCUT2D eigenvalue weighted by Crippen LogP contribution is 2.32. The maximum absolute atomic E-state index is 12.8. The zero-order valence-electron chi connectivity index (χ0n) is 17.4. The van der Waals surface area contributed by atoms with Crippen LogP contribution in [0.3, 0.4) is 0 Å². The number of hydrogen-bond acceptors (Lipinski definition) is 6. The lowest BCUT2D eigenvalue weighted by molar-refractivity contribution is 0.0746. The van der Waals surface area contributed by atoms with Crippen molar-refractivity contribution in [1.29, 1.82) is 0 Å². The molecule has 2 heterocycles. The van der Waals surface area contributed by atoms with Gasteiger partial charge in [-0.15, -0.1) is 0 Å². The molecule has 0 aliphatic carbocycles. The average Bonchev–Trinajstić information content (AvgIpc) is 3.21. The largest absolute Gasteiger partial charge is 0.345 e. The van der Waals surface area contributed by atoms with Crippen LogP contribution in [-0.4, -0.2) is 56.1 Å². The van der Waals surface area contributed by atoms with E-state index in [0.29, 0.717) is 18.7 Å². The Morgan fingerprint density at radius 1 is 1.03 bits per heavy atom. The normalized spacial score (nSPS) is 15.0. The fourth-order valence-corrected chi connectivity index (χ4v) is 5.57. The van der Waals surface area contributed by atoms with Crippen molar-refractivity contribution in [2.24, 2.45) is 0 Å². The Morgan fingerprint density at radius 3 is 2.33 bits per heavy atom. The van der Waals surface area contributed by atoms with Gasteiger partial charge in [-0.3, -0.25) is 4.79 Å². The van der Waals surface area contributed by atoms with Crippen molar-refractivity contribution >= 4 is 42.4 Å². The van der Waals surface area contributed by atoms with Crippen LogP contribution >= 0.6 is 11.3 Å². The van der Waals surface area contributed by atoms with Crippen LogP contribution < -0.4 is 4.90 Å². The van der Waals surface area contributed by atoms with Gasteiger partial charge in [-0.25, -0.2) is 13.4 Å². The van der Waals surface area contributed by atoms with Crippen molar-refractivity contribution in [1.82, 2.24) is 9.88 Å². The minimum absolute atomic E-state index is 0.0487. The van der Waals surface area contributed by atoms with E-state index >= 15 is 0 Å². The molecule has 1 aliphatic heterocycles. The van der Waals surface area contributed by atoms with E-state index in [4.69, 9.17) is 4.98 Å². The summed E-state index contributed by atoms with van der Waals surface area (Å²) < 4.78 is 25.1. The molecule has 1 amide bonds. The Balaban J connectivity index is 1.44. The SMILES string of the molecule is CCS(=O)(=O)c1ccc(C(=O)N2CCN(c3nc4c(C)c(C)ccc4s3)CC2)cc1. The Bertz CT molecular complexity index is 1190. The standard InChI is InChI=1S/C22H25N3O3S2/c1-4-30(27,28)18-8-6-17(7-9-18)21(26)24-11-13-25(14-12-24)22-23-20-16(3)15(2)5-10-19(20)29-22/h5-10H,4,11-14H2,1-3H3. The Kier molecular flexibility index (Phi) is 5.55. The summed E-state index contributed by atoms with van der Waals surface area (Å²) in [4.78, 5) is 22.0. The van der Waals surface area contributed by atoms with Crippen molar-refractivity contribution in [2.45, 2.75) is 25.7 Å². The molecule has 0 saturated carbocycles. The van der Waals surface area contributed by atoms with Crippen molar-refractivity contribution in [3.05, 3.63) is 53.1 Å². The molecule has 0 N–H and O–H groups in total. The number of hydrogen-bond donors (Lipinski definition) is 0. The summed E-state index contributed by atoms with van der Waals surface area (Å²) in [6, 6.07) is 10.5. The van der Waals surface area contributed by atoms with Crippen LogP contribution in [0, 0.1) is 13.8 Å². The minimum atomic E-state index is -3.26. The van der Waals surface area contributed by atoms with E-state index in [1.807, 2.05) is 4.90 Å². The predicted molar refractivity (Wildman–Crippen MR) is 121 cm³/mol. The van der Waals surface area contributed by atoms with Gasteiger partial charge in [0.05, 0.1) is 20.9 Å². The predicted octanol–water partition coefficient (Wildman–Crippen LogP) is 3.67. The van der Waals surface area contributed by atoms with Gasteiger partial charge in [0.2, 0.25) is 0 Å². The fourth-order valence-electron chi connectivity index (χ4n) is 3.60. The highest BCUT2D eigenvalue weighted by molar-refractivity contribution is 7.91. The summed E-state index contributed by atoms with van der Waals surface area (Å²) in [6.07, 6.45) is 0. The lowest BCUT2D eigenvalue weighted by atomic mass is 10.1. The van der Waals surface area contributed by atoms with Crippen LogP contribution in [0.15, 0.2) is 41.3 Å². The number of fused-ring (bicyclic) bond motifs is 1. The van der Waals surface area contributed by atoms with Crippen LogP contribution in [0.25, 0.3) is 10.2 Å². The first-order valence-corrected chi connectivity index (χ1v) is 12.5. The molecule has 158 valence electrons. The van der Waals surface area contributed by atoms with E-state index in [2.05, 4.69) is 30.9 Å². The molecule has 1 fully saturated rings. The molecule has 6 nitrogen and oxygen atoms in total. The van der Waals surface area contributed by atoms with Gasteiger partial charge in [0, 0.05) is 31.7 Å². The number of carbonyl (C=O) groups excluding carboxylic acids is 1. The summed E-state index contributed by atoms with van der Waals surface area (Å²) in [7, 11) is -3.26. The molecular formula is C22H25N3O3S2. The van der Waals surface area contributed by atoms with Gasteiger partial charge < -0.3 is 9.80 Å². The number of nitrogens with zero attached hydrogens (tertiary/aromatic N) is 3. The highest BCUT2D eigenvalue weighted by atomic mass is 32.2. The van der Waals surface area contributed by atoms with E-state index in [1.165, 1.54) is 28.0 Å². The van der Waals surface area contributed by atoms with Gasteiger partial charge in [-0.1, -0.05) is 24.3 Å². The van der Waals surface area contributed by atoms with Gasteiger partial charge in [0.25, 0.3) is 5.91 Å². The molecule has 0 radical (unpaired) electrons. The third kappa shape index (κ3) is 3.81. The van der Waals surface area contributed by atoms with Crippen molar-refractivity contribution in [3.63, 3.8) is 0 Å². The molecule has 1 aromatic heterocycles. The van der Waals surface area contributed by atoms with Crippen molar-refractivity contribution in [2.75, 3.05) is 36.8 Å². The van der Waals surface area contributed by atoms with Crippen molar-refractivity contribution < 1.29 is 13.2 Å². The van der Waals surface area contributed by atoms with E-state index in [-0.39, 0.29) is 16.6 Å². The third-order valence-corrected chi connectivity index (χ3v) is 8.58. The number of anilines is 1. The summed E-state index contributed by atoms with van der Waals surface area (Å²) in [5, 5.41) is 1.000. The topological polar surface area (TPSA) is 70.6 Å². The van der Waals surface area contributed by atoms with E-state index < -0.39 is 9.84 Å². The number of aromatic nitrogens is 1. The Hall–Kier alpha value is -2.45. The molecule has 1 saturated heterocycles. The van der Waals surface area contributed by atoms with E-state index in [1.54, 1.807) is 30.4 Å². The molecule has 4 rings (SSSR count). The Morgan fingerprint density at radius 2 is 1.70 bits per heavy atom. The second-order valence-electron chi connectivity index (χ2n) is 7.56. The number of aryl methyl sites for hydroxylation is 2. The zero-order valence-corrected chi connectivity index (χ0v) is 19.0. The summed E-state index contributed by atoms with van der Waals surface area (Å²) in [5.41, 5.74) is 4.05. The number of benzene rings is 2. The average molecular weight is 444 g/mol. The van der Waals surface area contributed by atoms with Gasteiger partial charge in [0.15, 0.2) is 15.0 Å². The molecule has 0 bridgehead atoms. The zero-order chi connectivity index (χ0) is 21.5. The Labute approximate surface area is 181 Å². The second kappa shape index (κ2) is 8.00. The first kappa shape index (κ1) is 20.8. The molecule has 8 heteroatoms. The van der Waals surface area contributed by atoms with Gasteiger partial charge >= 0.3 is 0 Å². The summed E-state index contributed by atoms with van der Waals surface area (Å²) in [5.74, 6) is -0.0153. The van der Waals surface area contributed by atoms with Crippen molar-refractivity contribution in [3.8, 4) is 0 Å². The highest BCUT2D eigenvalue weighted by Gasteiger charge is 2.24. The maximum Gasteiger partial charge on any atom is 0.253 e. The van der Waals surface area contributed by atoms with Gasteiger partial charge in [-0.2, -0.15) is 0 Å². The molecule has 1 aliphatic rings. The molecule has 0 atom stereocenters. The van der Waals surface area contributed by atoms with Crippen LogP contribution in [0.5, 0.6) is 0 Å². The number of carbonyl (C=O) groups is 1. The van der Waals surface area contributed by atoms with Gasteiger partial charge in [0.1, 0.15) is 0 Å². The van der Waals surface area contributed by atoms with Crippen LogP contribution in [0.2, 0.25) is 0 Å². The lowest BCUT2D eigenvalue weighted by Crippen LogP contribution is -2.48. The summed E-state index contributed by atoms with van der Waals surface area (Å²) >= 11 is 1.69. The number of amides is 1. The minimum Gasteiger partial charge on any atom is -0.345 e. The van der Waals surface area contributed by atoms with E-state index in [9.17, 15) is 13.2 Å². The van der Waals surface area contributed by atoms with Crippen LogP contribution in [0.1, 0.15) is 28.4 Å². The van der Waals surface area contributed by atoms with Crippen LogP contribution in [0.4, 0.5) is 5.13 Å². The number of sulfone groups is 1. The third-order valence-electron chi connectivity index (χ3n) is 5.75. The molecular weight excluding hydrogens is 418 g/mol. The first-order chi connectivity index (χ1) is 14.3. The molecule has 3 aromatic rings. The molecule has 0 unspecified atom stereocenters. The molecule has 2 aromatic carbocycles. The maximum atomic E-state index is 12.8. The van der Waals surface area contributed by atoms with Gasteiger partial charge in [-0.05, 0) is 55.3 Å². The molecule has 0 spiro atoms. The second-order valence-corrected chi connectivity index (χ2v) is 10.8.